The van der Waals surface area contributed by atoms with Gasteiger partial charge in [-0.05, 0) is 36.1 Å². The summed E-state index contributed by atoms with van der Waals surface area (Å²) in [5.41, 5.74) is 3.20. The van der Waals surface area contributed by atoms with Crippen molar-refractivity contribution in [3.8, 4) is 0 Å². The molecule has 3 rings (SSSR count). The number of benzene rings is 2. The van der Waals surface area contributed by atoms with E-state index in [-0.39, 0.29) is 17.9 Å². The molecule has 0 radical (unpaired) electrons. The molecule has 4 heteroatoms. The number of carbonyl (C=O) groups excluding carboxylic acids is 2. The second-order valence-electron chi connectivity index (χ2n) is 6.13. The molecule has 0 aromatic heterocycles. The molecule has 2 aromatic carbocycles. The molecule has 2 amide bonds. The number of rotatable bonds is 5. The van der Waals surface area contributed by atoms with Gasteiger partial charge in [-0.1, -0.05) is 42.5 Å². The summed E-state index contributed by atoms with van der Waals surface area (Å²) < 4.78 is 0. The van der Waals surface area contributed by atoms with Crippen molar-refractivity contribution in [2.24, 2.45) is 0 Å². The molecule has 0 fully saturated rings. The van der Waals surface area contributed by atoms with Crippen molar-refractivity contribution in [3.05, 3.63) is 71.3 Å². The number of aryl methyl sites for hydroxylation is 1. The fourth-order valence-corrected chi connectivity index (χ4v) is 3.26. The normalized spacial score (nSPS) is 15.6. The minimum atomic E-state index is -0.141. The summed E-state index contributed by atoms with van der Waals surface area (Å²) in [5, 5.41) is 2.81. The number of hydrogen-bond acceptors (Lipinski definition) is 2. The van der Waals surface area contributed by atoms with Gasteiger partial charge in [0.25, 0.3) is 5.91 Å². The molecule has 124 valence electrons. The van der Waals surface area contributed by atoms with Crippen LogP contribution in [0.4, 0.5) is 0 Å². The Morgan fingerprint density at radius 2 is 1.79 bits per heavy atom. The topological polar surface area (TPSA) is 49.4 Å². The van der Waals surface area contributed by atoms with Gasteiger partial charge in [0.2, 0.25) is 5.91 Å². The molecular weight excluding hydrogens is 300 g/mol. The highest BCUT2D eigenvalue weighted by Gasteiger charge is 2.27. The third kappa shape index (κ3) is 3.48. The standard InChI is InChI=1S/C20H22N2O2/c1-22(18-12-11-15-7-5-6-10-17(15)18)19(23)13-14-21-20(24)16-8-3-2-4-9-16/h2-10,18H,11-14H2,1H3,(H,21,24)/t18-/m1/s1. The summed E-state index contributed by atoms with van der Waals surface area (Å²) in [6.07, 6.45) is 2.30. The molecule has 0 saturated carbocycles. The summed E-state index contributed by atoms with van der Waals surface area (Å²) in [7, 11) is 1.86. The van der Waals surface area contributed by atoms with Crippen molar-refractivity contribution >= 4 is 11.8 Å². The Labute approximate surface area is 142 Å². The molecule has 1 atom stereocenters. The van der Waals surface area contributed by atoms with Gasteiger partial charge in [0.1, 0.15) is 0 Å². The van der Waals surface area contributed by atoms with Crippen LogP contribution in [0.2, 0.25) is 0 Å². The van der Waals surface area contributed by atoms with Crippen LogP contribution in [0.1, 0.15) is 40.4 Å². The number of hydrogen-bond donors (Lipinski definition) is 1. The molecule has 1 N–H and O–H groups in total. The van der Waals surface area contributed by atoms with Crippen LogP contribution >= 0.6 is 0 Å². The van der Waals surface area contributed by atoms with Crippen molar-refractivity contribution in [2.45, 2.75) is 25.3 Å². The lowest BCUT2D eigenvalue weighted by Gasteiger charge is -2.25. The minimum Gasteiger partial charge on any atom is -0.352 e. The third-order valence-corrected chi connectivity index (χ3v) is 4.62. The average molecular weight is 322 g/mol. The summed E-state index contributed by atoms with van der Waals surface area (Å²) in [6.45, 7) is 0.352. The van der Waals surface area contributed by atoms with Gasteiger partial charge in [0, 0.05) is 25.6 Å². The zero-order chi connectivity index (χ0) is 16.9. The molecule has 0 saturated heterocycles. The van der Waals surface area contributed by atoms with E-state index in [4.69, 9.17) is 0 Å². The molecule has 4 nitrogen and oxygen atoms in total. The van der Waals surface area contributed by atoms with E-state index in [9.17, 15) is 9.59 Å². The van der Waals surface area contributed by atoms with E-state index in [0.717, 1.165) is 12.8 Å². The predicted molar refractivity (Wildman–Crippen MR) is 93.7 cm³/mol. The van der Waals surface area contributed by atoms with Crippen LogP contribution in [0, 0.1) is 0 Å². The number of carbonyl (C=O) groups is 2. The maximum absolute atomic E-state index is 12.4. The van der Waals surface area contributed by atoms with Crippen molar-refractivity contribution in [2.75, 3.05) is 13.6 Å². The molecule has 0 unspecified atom stereocenters. The van der Waals surface area contributed by atoms with Crippen molar-refractivity contribution in [1.29, 1.82) is 0 Å². The van der Waals surface area contributed by atoms with E-state index in [1.807, 2.05) is 42.3 Å². The lowest BCUT2D eigenvalue weighted by molar-refractivity contribution is -0.131. The molecule has 0 spiro atoms. The monoisotopic (exact) mass is 322 g/mol. The minimum absolute atomic E-state index is 0.0602. The van der Waals surface area contributed by atoms with Crippen LogP contribution in [0.3, 0.4) is 0 Å². The Hall–Kier alpha value is -2.62. The molecule has 24 heavy (non-hydrogen) atoms. The van der Waals surface area contributed by atoms with E-state index in [1.165, 1.54) is 11.1 Å². The average Bonchev–Trinajstić information content (AvgIpc) is 3.05. The molecule has 0 heterocycles. The Bertz CT molecular complexity index is 727. The fraction of sp³-hybridized carbons (Fsp3) is 0.300. The zero-order valence-corrected chi connectivity index (χ0v) is 13.9. The highest BCUT2D eigenvalue weighted by atomic mass is 16.2. The van der Waals surface area contributed by atoms with E-state index < -0.39 is 0 Å². The van der Waals surface area contributed by atoms with E-state index in [0.29, 0.717) is 18.5 Å². The van der Waals surface area contributed by atoms with Crippen LogP contribution in [-0.4, -0.2) is 30.3 Å². The first-order valence-electron chi connectivity index (χ1n) is 8.33. The largest absolute Gasteiger partial charge is 0.352 e. The van der Waals surface area contributed by atoms with Crippen molar-refractivity contribution in [1.82, 2.24) is 10.2 Å². The van der Waals surface area contributed by atoms with Crippen molar-refractivity contribution in [3.63, 3.8) is 0 Å². The fourth-order valence-electron chi connectivity index (χ4n) is 3.26. The molecule has 0 aliphatic heterocycles. The Morgan fingerprint density at radius 1 is 1.08 bits per heavy atom. The highest BCUT2D eigenvalue weighted by molar-refractivity contribution is 5.94. The van der Waals surface area contributed by atoms with Crippen LogP contribution < -0.4 is 5.32 Å². The quantitative estimate of drug-likeness (QED) is 0.920. The number of nitrogens with zero attached hydrogens (tertiary/aromatic N) is 1. The number of nitrogens with one attached hydrogen (secondary N) is 1. The van der Waals surface area contributed by atoms with Crippen LogP contribution in [0.15, 0.2) is 54.6 Å². The van der Waals surface area contributed by atoms with Crippen LogP contribution in [0.5, 0.6) is 0 Å². The van der Waals surface area contributed by atoms with Crippen LogP contribution in [-0.2, 0) is 11.2 Å². The van der Waals surface area contributed by atoms with Gasteiger partial charge >= 0.3 is 0 Å². The van der Waals surface area contributed by atoms with Gasteiger partial charge in [0.15, 0.2) is 0 Å². The van der Waals surface area contributed by atoms with Gasteiger partial charge in [-0.15, -0.1) is 0 Å². The summed E-state index contributed by atoms with van der Waals surface area (Å²) in [4.78, 5) is 26.2. The second-order valence-corrected chi connectivity index (χ2v) is 6.13. The molecule has 0 bridgehead atoms. The van der Waals surface area contributed by atoms with Crippen molar-refractivity contribution < 1.29 is 9.59 Å². The number of amides is 2. The van der Waals surface area contributed by atoms with E-state index in [1.54, 1.807) is 12.1 Å². The molecule has 1 aliphatic rings. The van der Waals surface area contributed by atoms with Gasteiger partial charge < -0.3 is 10.2 Å². The molecule has 2 aromatic rings. The second kappa shape index (κ2) is 7.30. The number of fused-ring (bicyclic) bond motifs is 1. The summed E-state index contributed by atoms with van der Waals surface area (Å²) in [6, 6.07) is 17.5. The maximum Gasteiger partial charge on any atom is 0.251 e. The first-order valence-corrected chi connectivity index (χ1v) is 8.33. The maximum atomic E-state index is 12.4. The highest BCUT2D eigenvalue weighted by Crippen LogP contribution is 2.34. The van der Waals surface area contributed by atoms with E-state index in [2.05, 4.69) is 17.4 Å². The summed E-state index contributed by atoms with van der Waals surface area (Å²) >= 11 is 0. The molecule has 1 aliphatic carbocycles. The zero-order valence-electron chi connectivity index (χ0n) is 13.9. The van der Waals surface area contributed by atoms with Gasteiger partial charge in [-0.3, -0.25) is 9.59 Å². The Kier molecular flexibility index (Phi) is 4.94. The lowest BCUT2D eigenvalue weighted by atomic mass is 10.1. The SMILES string of the molecule is CN(C(=O)CCNC(=O)c1ccccc1)[C@@H]1CCc2ccccc21. The van der Waals surface area contributed by atoms with Gasteiger partial charge in [-0.25, -0.2) is 0 Å². The van der Waals surface area contributed by atoms with Gasteiger partial charge in [0.05, 0.1) is 6.04 Å². The Balaban J connectivity index is 1.51. The van der Waals surface area contributed by atoms with E-state index >= 15 is 0 Å². The summed E-state index contributed by atoms with van der Waals surface area (Å²) in [5.74, 6) is -0.0812. The predicted octanol–water partition coefficient (Wildman–Crippen LogP) is 2.95. The first kappa shape index (κ1) is 16.2. The van der Waals surface area contributed by atoms with Crippen LogP contribution in [0.25, 0.3) is 0 Å². The third-order valence-electron chi connectivity index (χ3n) is 4.62. The lowest BCUT2D eigenvalue weighted by Crippen LogP contribution is -2.34. The smallest absolute Gasteiger partial charge is 0.251 e. The van der Waals surface area contributed by atoms with Gasteiger partial charge in [-0.2, -0.15) is 0 Å². The molecular formula is C20H22N2O2. The Morgan fingerprint density at radius 3 is 2.58 bits per heavy atom. The first-order chi connectivity index (χ1) is 11.7.